The first-order valence-corrected chi connectivity index (χ1v) is 11.6. The number of fused-ring (bicyclic) bond motifs is 4. The predicted molar refractivity (Wildman–Crippen MR) is 131 cm³/mol. The van der Waals surface area contributed by atoms with E-state index in [1.165, 1.54) is 15.5 Å². The molecule has 11 nitrogen and oxygen atoms in total. The first-order chi connectivity index (χ1) is 17.5. The molecule has 0 aromatic carbocycles. The number of anilines is 3. The highest BCUT2D eigenvalue weighted by Crippen LogP contribution is 2.29. The van der Waals surface area contributed by atoms with Crippen molar-refractivity contribution in [2.24, 2.45) is 0 Å². The van der Waals surface area contributed by atoms with Crippen LogP contribution >= 0.6 is 0 Å². The van der Waals surface area contributed by atoms with Crippen LogP contribution in [0.2, 0.25) is 0 Å². The van der Waals surface area contributed by atoms with Gasteiger partial charge < -0.3 is 20.7 Å². The van der Waals surface area contributed by atoms with E-state index >= 15 is 0 Å². The standard InChI is InChI=1S/C24H23FN8O3/c1-26-16-9-19-29-17-6-13(10-32(23(17)34)20-4-2-3-5-27-20)11-36-18-8-14(25)7-15(18)30-24(35)33-12-28-21(16)22(33)31-19/h2-6,9-10,12,14-15,18H,7-8,11H2,1H3,(H,30,35)(H2,26,29,31). The summed E-state index contributed by atoms with van der Waals surface area (Å²) < 4.78 is 23.1. The van der Waals surface area contributed by atoms with Gasteiger partial charge in [-0.2, -0.15) is 0 Å². The van der Waals surface area contributed by atoms with Gasteiger partial charge in [0.05, 0.1) is 24.4 Å². The molecule has 2 aliphatic rings. The maximum atomic E-state index is 14.4. The topological polar surface area (TPSA) is 128 Å². The Kier molecular flexibility index (Phi) is 5.37. The first kappa shape index (κ1) is 22.2. The summed E-state index contributed by atoms with van der Waals surface area (Å²) in [6, 6.07) is 7.67. The minimum absolute atomic E-state index is 0.107. The summed E-state index contributed by atoms with van der Waals surface area (Å²) in [4.78, 5) is 39.8. The molecule has 1 saturated carbocycles. The normalized spacial score (nSPS) is 21.5. The number of halogens is 1. The number of nitrogens with zero attached hydrogens (tertiary/aromatic N) is 5. The van der Waals surface area contributed by atoms with E-state index < -0.39 is 24.3 Å². The molecule has 6 rings (SSSR count). The van der Waals surface area contributed by atoms with Crippen LogP contribution < -0.4 is 21.5 Å². The van der Waals surface area contributed by atoms with Crippen LogP contribution in [0.4, 0.5) is 26.4 Å². The Morgan fingerprint density at radius 3 is 2.86 bits per heavy atom. The van der Waals surface area contributed by atoms with Gasteiger partial charge in [-0.25, -0.2) is 28.7 Å². The number of carbonyl (C=O) groups is 1. The third-order valence-electron chi connectivity index (χ3n) is 6.45. The van der Waals surface area contributed by atoms with E-state index in [-0.39, 0.29) is 36.3 Å². The van der Waals surface area contributed by atoms with Crippen molar-refractivity contribution in [3.05, 3.63) is 65.0 Å². The number of rotatable bonds is 2. The lowest BCUT2D eigenvalue weighted by molar-refractivity contribution is 0.0271. The lowest BCUT2D eigenvalue weighted by Gasteiger charge is -2.22. The molecule has 1 aliphatic heterocycles. The van der Waals surface area contributed by atoms with Gasteiger partial charge >= 0.3 is 6.03 Å². The molecule has 0 radical (unpaired) electrons. The van der Waals surface area contributed by atoms with E-state index in [0.717, 1.165) is 0 Å². The molecule has 184 valence electrons. The van der Waals surface area contributed by atoms with E-state index in [1.54, 1.807) is 49.8 Å². The van der Waals surface area contributed by atoms with Crippen molar-refractivity contribution in [3.63, 3.8) is 0 Å². The van der Waals surface area contributed by atoms with Gasteiger partial charge in [-0.1, -0.05) is 6.07 Å². The van der Waals surface area contributed by atoms with Crippen molar-refractivity contribution in [1.29, 1.82) is 0 Å². The second-order valence-electron chi connectivity index (χ2n) is 8.82. The van der Waals surface area contributed by atoms with E-state index in [2.05, 4.69) is 30.9 Å². The molecule has 12 heteroatoms. The number of carbonyl (C=O) groups excluding carboxylic acids is 1. The number of ether oxygens (including phenoxy) is 1. The van der Waals surface area contributed by atoms with Gasteiger partial charge in [0.15, 0.2) is 5.65 Å². The maximum absolute atomic E-state index is 14.4. The first-order valence-electron chi connectivity index (χ1n) is 11.6. The molecule has 36 heavy (non-hydrogen) atoms. The van der Waals surface area contributed by atoms with Crippen LogP contribution in [0, 0.1) is 0 Å². The summed E-state index contributed by atoms with van der Waals surface area (Å²) in [5, 5.41) is 9.03. The lowest BCUT2D eigenvalue weighted by atomic mass is 10.2. The van der Waals surface area contributed by atoms with Gasteiger partial charge in [-0.05, 0) is 23.8 Å². The molecule has 1 amide bonds. The van der Waals surface area contributed by atoms with Gasteiger partial charge in [-0.3, -0.25) is 9.36 Å². The number of pyridine rings is 3. The lowest BCUT2D eigenvalue weighted by Crippen LogP contribution is -2.43. The molecular weight excluding hydrogens is 467 g/mol. The Morgan fingerprint density at radius 2 is 2.06 bits per heavy atom. The summed E-state index contributed by atoms with van der Waals surface area (Å²) in [7, 11) is 1.73. The molecule has 1 fully saturated rings. The third-order valence-corrected chi connectivity index (χ3v) is 6.45. The zero-order valence-electron chi connectivity index (χ0n) is 19.3. The highest BCUT2D eigenvalue weighted by molar-refractivity contribution is 5.94. The van der Waals surface area contributed by atoms with Crippen LogP contribution in [0.1, 0.15) is 18.4 Å². The van der Waals surface area contributed by atoms with Crippen molar-refractivity contribution in [1.82, 2.24) is 29.4 Å². The molecule has 3 atom stereocenters. The number of amides is 1. The number of hydrogen-bond acceptors (Lipinski definition) is 8. The molecular formula is C24H23FN8O3. The summed E-state index contributed by atoms with van der Waals surface area (Å²) in [6.07, 6.45) is 3.29. The van der Waals surface area contributed by atoms with Crippen molar-refractivity contribution < 1.29 is 13.9 Å². The summed E-state index contributed by atoms with van der Waals surface area (Å²) >= 11 is 0. The number of nitrogens with one attached hydrogen (secondary N) is 3. The molecule has 4 aromatic rings. The smallest absolute Gasteiger partial charge is 0.328 e. The average molecular weight is 490 g/mol. The van der Waals surface area contributed by atoms with Crippen molar-refractivity contribution in [2.75, 3.05) is 17.7 Å². The van der Waals surface area contributed by atoms with Crippen molar-refractivity contribution in [3.8, 4) is 5.82 Å². The predicted octanol–water partition coefficient (Wildman–Crippen LogP) is 2.72. The largest absolute Gasteiger partial charge is 0.386 e. The SMILES string of the molecule is CNc1cc2nc3c1ncn3C(=O)NC1CC(F)CC1OCc1cc(c(=O)n(-c3ccccn3)c1)N2. The van der Waals surface area contributed by atoms with Crippen LogP contribution in [-0.2, 0) is 11.3 Å². The number of aromatic nitrogens is 5. The maximum Gasteiger partial charge on any atom is 0.328 e. The Balaban J connectivity index is 1.54. The zero-order valence-corrected chi connectivity index (χ0v) is 19.3. The number of hydrogen-bond donors (Lipinski definition) is 3. The van der Waals surface area contributed by atoms with Gasteiger partial charge in [0, 0.05) is 38.3 Å². The van der Waals surface area contributed by atoms with E-state index in [9.17, 15) is 14.0 Å². The van der Waals surface area contributed by atoms with Crippen molar-refractivity contribution in [2.45, 2.75) is 37.8 Å². The molecule has 0 spiro atoms. The van der Waals surface area contributed by atoms with Crippen LogP contribution in [0.5, 0.6) is 0 Å². The molecule has 1 aliphatic carbocycles. The molecule has 4 bridgehead atoms. The fourth-order valence-corrected chi connectivity index (χ4v) is 4.71. The number of imidazole rings is 1. The van der Waals surface area contributed by atoms with E-state index in [0.29, 0.717) is 28.4 Å². The van der Waals surface area contributed by atoms with Gasteiger partial charge in [0.2, 0.25) is 0 Å². The monoisotopic (exact) mass is 490 g/mol. The second-order valence-corrected chi connectivity index (χ2v) is 8.82. The second kappa shape index (κ2) is 8.72. The average Bonchev–Trinajstić information content (AvgIpc) is 3.46. The van der Waals surface area contributed by atoms with Crippen LogP contribution in [0.25, 0.3) is 17.0 Å². The Labute approximate surface area is 204 Å². The molecule has 3 N–H and O–H groups in total. The Morgan fingerprint density at radius 1 is 1.17 bits per heavy atom. The van der Waals surface area contributed by atoms with Gasteiger partial charge in [-0.15, -0.1) is 0 Å². The van der Waals surface area contributed by atoms with Crippen LogP contribution in [-0.4, -0.2) is 55.5 Å². The Bertz CT molecular complexity index is 1520. The number of alkyl halides is 1. The highest BCUT2D eigenvalue weighted by Gasteiger charge is 2.37. The Hall–Kier alpha value is -4.32. The fourth-order valence-electron chi connectivity index (χ4n) is 4.71. The fraction of sp³-hybridized carbons (Fsp3) is 0.292. The quantitative estimate of drug-likeness (QED) is 0.391. The summed E-state index contributed by atoms with van der Waals surface area (Å²) in [5.74, 6) is 0.782. The zero-order chi connectivity index (χ0) is 24.8. The van der Waals surface area contributed by atoms with Gasteiger partial charge in [0.1, 0.15) is 35.3 Å². The summed E-state index contributed by atoms with van der Waals surface area (Å²) in [6.45, 7) is 0.107. The van der Waals surface area contributed by atoms with E-state index in [1.807, 2.05) is 0 Å². The highest BCUT2D eigenvalue weighted by atomic mass is 19.1. The minimum atomic E-state index is -1.10. The van der Waals surface area contributed by atoms with Crippen molar-refractivity contribution >= 4 is 34.4 Å². The minimum Gasteiger partial charge on any atom is -0.386 e. The van der Waals surface area contributed by atoms with Gasteiger partial charge in [0.25, 0.3) is 5.56 Å². The molecule has 3 unspecified atom stereocenters. The van der Waals surface area contributed by atoms with Crippen LogP contribution in [0.3, 0.4) is 0 Å². The molecule has 0 saturated heterocycles. The van der Waals surface area contributed by atoms with E-state index in [4.69, 9.17) is 4.74 Å². The third kappa shape index (κ3) is 3.85. The molecule has 4 aromatic heterocycles. The van der Waals surface area contributed by atoms with Crippen LogP contribution in [0.15, 0.2) is 53.8 Å². The summed E-state index contributed by atoms with van der Waals surface area (Å²) in [5.41, 5.74) is 1.96. The molecule has 5 heterocycles.